The summed E-state index contributed by atoms with van der Waals surface area (Å²) in [6, 6.07) is 10.1. The molecule has 2 atom stereocenters. The molecule has 0 amide bonds. The molecule has 3 rings (SSSR count). The molecule has 2 heterocycles. The third-order valence-corrected chi connectivity index (χ3v) is 4.21. The first-order valence-corrected chi connectivity index (χ1v) is 8.20. The molecule has 124 valence electrons. The minimum atomic E-state index is -0.375. The maximum atomic E-state index is 10.4. The first kappa shape index (κ1) is 16.1. The van der Waals surface area contributed by atoms with Gasteiger partial charge in [0.15, 0.2) is 5.82 Å². The number of hydrogen-bond donors (Lipinski definition) is 1. The second kappa shape index (κ2) is 7.68. The minimum Gasteiger partial charge on any atom is -0.391 e. The zero-order valence-electron chi connectivity index (χ0n) is 13.5. The van der Waals surface area contributed by atoms with Crippen LogP contribution in [0.25, 0.3) is 0 Å². The topological polar surface area (TPSA) is 63.4 Å². The van der Waals surface area contributed by atoms with Gasteiger partial charge in [-0.3, -0.25) is 4.90 Å². The lowest BCUT2D eigenvalue weighted by Gasteiger charge is -2.33. The van der Waals surface area contributed by atoms with Crippen molar-refractivity contribution in [3.63, 3.8) is 0 Å². The lowest BCUT2D eigenvalue weighted by Crippen LogP contribution is -2.43. The van der Waals surface area contributed by atoms with Gasteiger partial charge in [0.2, 0.25) is 0 Å². The van der Waals surface area contributed by atoms with Crippen molar-refractivity contribution >= 4 is 0 Å². The van der Waals surface area contributed by atoms with Crippen molar-refractivity contribution in [3.05, 3.63) is 48.0 Å². The molecular formula is C17H24N4O2. The number of aliphatic hydroxyl groups excluding tert-OH is 1. The molecule has 1 saturated heterocycles. The van der Waals surface area contributed by atoms with Gasteiger partial charge in [0.25, 0.3) is 0 Å². The number of aliphatic hydroxyl groups is 1. The van der Waals surface area contributed by atoms with Crippen molar-refractivity contribution in [2.45, 2.75) is 32.1 Å². The van der Waals surface area contributed by atoms with E-state index in [2.05, 4.69) is 34.2 Å². The number of ether oxygens (including phenoxy) is 1. The maximum absolute atomic E-state index is 10.4. The molecule has 0 radical (unpaired) electrons. The summed E-state index contributed by atoms with van der Waals surface area (Å²) in [6.45, 7) is 5.78. The highest BCUT2D eigenvalue weighted by atomic mass is 16.5. The Hall–Kier alpha value is -1.76. The van der Waals surface area contributed by atoms with Gasteiger partial charge in [-0.25, -0.2) is 0 Å². The van der Waals surface area contributed by atoms with Gasteiger partial charge in [-0.15, -0.1) is 10.2 Å². The number of morpholine rings is 1. The van der Waals surface area contributed by atoms with Crippen LogP contribution in [0.4, 0.5) is 0 Å². The van der Waals surface area contributed by atoms with Gasteiger partial charge >= 0.3 is 0 Å². The monoisotopic (exact) mass is 316 g/mol. The highest BCUT2D eigenvalue weighted by Crippen LogP contribution is 2.20. The normalized spacial score (nSPS) is 20.5. The maximum Gasteiger partial charge on any atom is 0.163 e. The molecule has 0 spiro atoms. The third kappa shape index (κ3) is 4.16. The standard InChI is InChI=1S/C17H24N4O2/c1-2-21-13-18-19-17(21)16-12-20(8-9-23-16)11-15(22)10-14-6-4-3-5-7-14/h3-7,13,15-16,22H,2,8-12H2,1H3/t15-,16+/m0/s1. The molecule has 2 aromatic rings. The zero-order chi connectivity index (χ0) is 16.1. The highest BCUT2D eigenvalue weighted by molar-refractivity contribution is 5.15. The fourth-order valence-corrected chi connectivity index (χ4v) is 3.03. The van der Waals surface area contributed by atoms with Crippen molar-refractivity contribution in [2.24, 2.45) is 0 Å². The van der Waals surface area contributed by atoms with E-state index in [0.717, 1.165) is 31.0 Å². The quantitative estimate of drug-likeness (QED) is 0.870. The number of nitrogens with zero attached hydrogens (tertiary/aromatic N) is 4. The van der Waals surface area contributed by atoms with Crippen LogP contribution in [0.3, 0.4) is 0 Å². The Kier molecular flexibility index (Phi) is 5.38. The van der Waals surface area contributed by atoms with Crippen LogP contribution in [0.15, 0.2) is 36.7 Å². The van der Waals surface area contributed by atoms with E-state index < -0.39 is 0 Å². The van der Waals surface area contributed by atoms with E-state index in [4.69, 9.17) is 4.74 Å². The molecule has 0 bridgehead atoms. The summed E-state index contributed by atoms with van der Waals surface area (Å²) in [4.78, 5) is 2.25. The van der Waals surface area contributed by atoms with Gasteiger partial charge in [-0.05, 0) is 18.9 Å². The van der Waals surface area contributed by atoms with E-state index in [1.807, 2.05) is 22.8 Å². The second-order valence-corrected chi connectivity index (χ2v) is 5.94. The zero-order valence-corrected chi connectivity index (χ0v) is 13.5. The number of β-amino-alcohol motifs (C(OH)–C–C–N with tert-alkyl or cyclic N) is 1. The van der Waals surface area contributed by atoms with Crippen LogP contribution in [0.1, 0.15) is 24.4 Å². The Bertz CT molecular complexity index is 602. The smallest absolute Gasteiger partial charge is 0.163 e. The fourth-order valence-electron chi connectivity index (χ4n) is 3.03. The van der Waals surface area contributed by atoms with E-state index in [1.165, 1.54) is 0 Å². The summed E-state index contributed by atoms with van der Waals surface area (Å²) in [5.41, 5.74) is 1.16. The molecule has 1 N–H and O–H groups in total. The first-order valence-electron chi connectivity index (χ1n) is 8.20. The van der Waals surface area contributed by atoms with E-state index in [1.54, 1.807) is 6.33 Å². The number of hydrogen-bond acceptors (Lipinski definition) is 5. The Balaban J connectivity index is 1.56. The van der Waals surface area contributed by atoms with Crippen molar-refractivity contribution in [3.8, 4) is 0 Å². The molecule has 6 heteroatoms. The summed E-state index contributed by atoms with van der Waals surface area (Å²) in [5.74, 6) is 0.870. The molecule has 0 aliphatic carbocycles. The Morgan fingerprint density at radius 3 is 2.96 bits per heavy atom. The van der Waals surface area contributed by atoms with E-state index in [-0.39, 0.29) is 12.2 Å². The SMILES string of the molecule is CCn1cnnc1[C@H]1CN(C[C@@H](O)Cc2ccccc2)CCO1. The third-order valence-electron chi connectivity index (χ3n) is 4.21. The number of aryl methyl sites for hydroxylation is 1. The Morgan fingerprint density at radius 1 is 1.35 bits per heavy atom. The fraction of sp³-hybridized carbons (Fsp3) is 0.529. The van der Waals surface area contributed by atoms with Crippen LogP contribution in [0, 0.1) is 0 Å². The van der Waals surface area contributed by atoms with Gasteiger partial charge in [0.05, 0.1) is 12.7 Å². The lowest BCUT2D eigenvalue weighted by atomic mass is 10.1. The molecule has 1 aliphatic heterocycles. The van der Waals surface area contributed by atoms with Crippen LogP contribution >= 0.6 is 0 Å². The first-order chi connectivity index (χ1) is 11.3. The van der Waals surface area contributed by atoms with Crippen LogP contribution in [-0.4, -0.2) is 57.1 Å². The summed E-state index contributed by atoms with van der Waals surface area (Å²) in [7, 11) is 0. The molecule has 6 nitrogen and oxygen atoms in total. The van der Waals surface area contributed by atoms with Gasteiger partial charge in [0.1, 0.15) is 12.4 Å². The van der Waals surface area contributed by atoms with Crippen molar-refractivity contribution in [1.29, 1.82) is 0 Å². The molecule has 1 aromatic heterocycles. The molecule has 1 aliphatic rings. The van der Waals surface area contributed by atoms with Crippen LogP contribution < -0.4 is 0 Å². The van der Waals surface area contributed by atoms with Crippen LogP contribution in [0.2, 0.25) is 0 Å². The molecule has 23 heavy (non-hydrogen) atoms. The van der Waals surface area contributed by atoms with Gasteiger partial charge in [-0.1, -0.05) is 30.3 Å². The van der Waals surface area contributed by atoms with Crippen molar-refractivity contribution in [2.75, 3.05) is 26.2 Å². The second-order valence-electron chi connectivity index (χ2n) is 5.94. The average molecular weight is 316 g/mol. The summed E-state index contributed by atoms with van der Waals surface area (Å²) in [5, 5.41) is 18.5. The molecule has 0 saturated carbocycles. The molecular weight excluding hydrogens is 292 g/mol. The minimum absolute atomic E-state index is 0.0740. The van der Waals surface area contributed by atoms with Gasteiger partial charge in [-0.2, -0.15) is 0 Å². The van der Waals surface area contributed by atoms with Crippen LogP contribution in [-0.2, 0) is 17.7 Å². The van der Waals surface area contributed by atoms with Crippen molar-refractivity contribution in [1.82, 2.24) is 19.7 Å². The van der Waals surface area contributed by atoms with E-state index in [0.29, 0.717) is 19.6 Å². The summed E-state index contributed by atoms with van der Waals surface area (Å²) >= 11 is 0. The average Bonchev–Trinajstić information content (AvgIpc) is 3.04. The summed E-state index contributed by atoms with van der Waals surface area (Å²) in [6.07, 6.45) is 1.96. The predicted octanol–water partition coefficient (Wildman–Crippen LogP) is 1.27. The van der Waals surface area contributed by atoms with E-state index in [9.17, 15) is 5.11 Å². The largest absolute Gasteiger partial charge is 0.391 e. The Morgan fingerprint density at radius 2 is 2.17 bits per heavy atom. The van der Waals surface area contributed by atoms with E-state index >= 15 is 0 Å². The summed E-state index contributed by atoms with van der Waals surface area (Å²) < 4.78 is 7.86. The molecule has 1 fully saturated rings. The van der Waals surface area contributed by atoms with Gasteiger partial charge in [0, 0.05) is 26.2 Å². The number of rotatable bonds is 6. The molecule has 1 aromatic carbocycles. The predicted molar refractivity (Wildman–Crippen MR) is 87.0 cm³/mol. The molecule has 0 unspecified atom stereocenters. The Labute approximate surface area is 136 Å². The number of aromatic nitrogens is 3. The highest BCUT2D eigenvalue weighted by Gasteiger charge is 2.26. The number of benzene rings is 1. The lowest BCUT2D eigenvalue weighted by molar-refractivity contribution is -0.0472. The van der Waals surface area contributed by atoms with Crippen molar-refractivity contribution < 1.29 is 9.84 Å². The van der Waals surface area contributed by atoms with Crippen LogP contribution in [0.5, 0.6) is 0 Å². The van der Waals surface area contributed by atoms with Gasteiger partial charge < -0.3 is 14.4 Å².